The number of ether oxygens (including phenoxy) is 1. The SMILES string of the molecule is O=C(O)C=Cc1cc(CN2CC3CCC(C2)O3)ccc1F. The van der Waals surface area contributed by atoms with E-state index in [0.717, 1.165) is 44.1 Å². The molecule has 2 aliphatic rings. The smallest absolute Gasteiger partial charge is 0.328 e. The fourth-order valence-electron chi connectivity index (χ4n) is 3.07. The molecule has 2 unspecified atom stereocenters. The fourth-order valence-corrected chi connectivity index (χ4v) is 3.07. The van der Waals surface area contributed by atoms with Gasteiger partial charge >= 0.3 is 5.97 Å². The highest BCUT2D eigenvalue weighted by Gasteiger charge is 2.33. The number of carboxylic acids is 1. The molecule has 112 valence electrons. The Balaban J connectivity index is 1.71. The lowest BCUT2D eigenvalue weighted by Gasteiger charge is -2.32. The predicted octanol–water partition coefficient (Wildman–Crippen LogP) is 2.29. The average molecular weight is 291 g/mol. The van der Waals surface area contributed by atoms with Gasteiger partial charge in [-0.25, -0.2) is 9.18 Å². The van der Waals surface area contributed by atoms with Gasteiger partial charge in [-0.05, 0) is 36.6 Å². The number of nitrogens with zero attached hydrogens (tertiary/aromatic N) is 1. The molecule has 1 aromatic rings. The molecule has 0 amide bonds. The summed E-state index contributed by atoms with van der Waals surface area (Å²) in [6.45, 7) is 2.56. The average Bonchev–Trinajstić information content (AvgIpc) is 2.78. The molecule has 4 nitrogen and oxygen atoms in total. The van der Waals surface area contributed by atoms with Crippen molar-refractivity contribution in [2.45, 2.75) is 31.6 Å². The van der Waals surface area contributed by atoms with E-state index in [1.807, 2.05) is 0 Å². The number of halogens is 1. The van der Waals surface area contributed by atoms with Crippen molar-refractivity contribution in [2.24, 2.45) is 0 Å². The Kier molecular flexibility index (Phi) is 4.03. The van der Waals surface area contributed by atoms with Gasteiger partial charge in [0.2, 0.25) is 0 Å². The number of likely N-dealkylation sites (tertiary alicyclic amines) is 1. The molecule has 3 rings (SSSR count). The third-order valence-electron chi connectivity index (χ3n) is 3.99. The molecule has 1 N–H and O–H groups in total. The van der Waals surface area contributed by atoms with Gasteiger partial charge in [-0.2, -0.15) is 0 Å². The van der Waals surface area contributed by atoms with Crippen LogP contribution in [0.25, 0.3) is 6.08 Å². The summed E-state index contributed by atoms with van der Waals surface area (Å²) in [5.74, 6) is -1.48. The van der Waals surface area contributed by atoms with Gasteiger partial charge in [-0.3, -0.25) is 4.90 Å². The minimum absolute atomic E-state index is 0.311. The molecule has 2 fully saturated rings. The first-order chi connectivity index (χ1) is 10.1. The standard InChI is InChI=1S/C16H18FNO3/c17-15-5-1-11(7-12(15)2-6-16(19)20)8-18-9-13-3-4-14(10-18)21-13/h1-2,5-7,13-14H,3-4,8-10H2,(H,19,20). The van der Waals surface area contributed by atoms with E-state index in [0.29, 0.717) is 17.8 Å². The lowest BCUT2D eigenvalue weighted by Crippen LogP contribution is -2.41. The van der Waals surface area contributed by atoms with Crippen LogP contribution in [0.1, 0.15) is 24.0 Å². The van der Waals surface area contributed by atoms with Crippen LogP contribution in [0.15, 0.2) is 24.3 Å². The molecule has 0 spiro atoms. The van der Waals surface area contributed by atoms with E-state index in [9.17, 15) is 9.18 Å². The van der Waals surface area contributed by atoms with Gasteiger partial charge < -0.3 is 9.84 Å². The van der Waals surface area contributed by atoms with E-state index < -0.39 is 11.8 Å². The molecule has 0 radical (unpaired) electrons. The predicted molar refractivity (Wildman–Crippen MR) is 76.2 cm³/mol. The molecular weight excluding hydrogens is 273 g/mol. The van der Waals surface area contributed by atoms with Gasteiger partial charge in [0.25, 0.3) is 0 Å². The molecule has 5 heteroatoms. The molecule has 0 saturated carbocycles. The van der Waals surface area contributed by atoms with Crippen molar-refractivity contribution in [3.63, 3.8) is 0 Å². The van der Waals surface area contributed by atoms with E-state index in [2.05, 4.69) is 4.90 Å². The van der Waals surface area contributed by atoms with E-state index >= 15 is 0 Å². The zero-order valence-corrected chi connectivity index (χ0v) is 11.7. The van der Waals surface area contributed by atoms with E-state index in [1.54, 1.807) is 12.1 Å². The molecule has 2 atom stereocenters. The zero-order chi connectivity index (χ0) is 14.8. The number of rotatable bonds is 4. The number of morpholine rings is 1. The monoisotopic (exact) mass is 291 g/mol. The van der Waals surface area contributed by atoms with E-state index in [1.165, 1.54) is 12.1 Å². The van der Waals surface area contributed by atoms with Crippen molar-refractivity contribution in [1.29, 1.82) is 0 Å². The van der Waals surface area contributed by atoms with Crippen molar-refractivity contribution in [3.8, 4) is 0 Å². The van der Waals surface area contributed by atoms with E-state index in [-0.39, 0.29) is 0 Å². The maximum Gasteiger partial charge on any atom is 0.328 e. The molecule has 0 aromatic heterocycles. The van der Waals surface area contributed by atoms with Crippen molar-refractivity contribution in [2.75, 3.05) is 13.1 Å². The van der Waals surface area contributed by atoms with Crippen molar-refractivity contribution >= 4 is 12.0 Å². The number of fused-ring (bicyclic) bond motifs is 2. The minimum atomic E-state index is -1.08. The number of carboxylic acid groups (broad SMARTS) is 1. The van der Waals surface area contributed by atoms with Gasteiger partial charge in [0.1, 0.15) is 5.82 Å². The summed E-state index contributed by atoms with van der Waals surface area (Å²) in [6, 6.07) is 4.86. The van der Waals surface area contributed by atoms with Crippen molar-refractivity contribution in [3.05, 3.63) is 41.2 Å². The Morgan fingerprint density at radius 3 is 2.76 bits per heavy atom. The van der Waals surface area contributed by atoms with Crippen LogP contribution in [0.5, 0.6) is 0 Å². The third-order valence-corrected chi connectivity index (χ3v) is 3.99. The maximum absolute atomic E-state index is 13.7. The highest BCUT2D eigenvalue weighted by atomic mass is 19.1. The molecule has 2 bridgehead atoms. The molecule has 2 heterocycles. The maximum atomic E-state index is 13.7. The van der Waals surface area contributed by atoms with Crippen LogP contribution < -0.4 is 0 Å². The van der Waals surface area contributed by atoms with Gasteiger partial charge in [-0.1, -0.05) is 6.07 Å². The van der Waals surface area contributed by atoms with Crippen LogP contribution in [0.2, 0.25) is 0 Å². The molecule has 21 heavy (non-hydrogen) atoms. The molecular formula is C16H18FNO3. The van der Waals surface area contributed by atoms with Crippen LogP contribution >= 0.6 is 0 Å². The highest BCUT2D eigenvalue weighted by molar-refractivity contribution is 5.85. The molecule has 0 aliphatic carbocycles. The summed E-state index contributed by atoms with van der Waals surface area (Å²) in [5.41, 5.74) is 1.30. The number of aliphatic carboxylic acids is 1. The highest BCUT2D eigenvalue weighted by Crippen LogP contribution is 2.27. The summed E-state index contributed by atoms with van der Waals surface area (Å²) in [6.07, 6.45) is 5.15. The lowest BCUT2D eigenvalue weighted by molar-refractivity contribution is -0.131. The van der Waals surface area contributed by atoms with Crippen LogP contribution in [-0.2, 0) is 16.1 Å². The normalized spacial score (nSPS) is 25.6. The quantitative estimate of drug-likeness (QED) is 0.865. The molecule has 2 saturated heterocycles. The first-order valence-electron chi connectivity index (χ1n) is 7.17. The first kappa shape index (κ1) is 14.2. The van der Waals surface area contributed by atoms with Crippen LogP contribution in [0.4, 0.5) is 4.39 Å². The summed E-state index contributed by atoms with van der Waals surface area (Å²) < 4.78 is 19.4. The number of benzene rings is 1. The second-order valence-corrected chi connectivity index (χ2v) is 5.68. The largest absolute Gasteiger partial charge is 0.478 e. The molecule has 1 aromatic carbocycles. The second kappa shape index (κ2) is 5.95. The first-order valence-corrected chi connectivity index (χ1v) is 7.17. The number of hydrogen-bond donors (Lipinski definition) is 1. The second-order valence-electron chi connectivity index (χ2n) is 5.68. The lowest BCUT2D eigenvalue weighted by atomic mass is 10.1. The minimum Gasteiger partial charge on any atom is -0.478 e. The van der Waals surface area contributed by atoms with Gasteiger partial charge in [0.15, 0.2) is 0 Å². The fraction of sp³-hybridized carbons (Fsp3) is 0.438. The van der Waals surface area contributed by atoms with Crippen molar-refractivity contribution in [1.82, 2.24) is 4.90 Å². The summed E-state index contributed by atoms with van der Waals surface area (Å²) in [7, 11) is 0. The Morgan fingerprint density at radius 1 is 1.38 bits per heavy atom. The summed E-state index contributed by atoms with van der Waals surface area (Å²) >= 11 is 0. The third kappa shape index (κ3) is 3.49. The Hall–Kier alpha value is -1.72. The van der Waals surface area contributed by atoms with Crippen LogP contribution in [-0.4, -0.2) is 41.3 Å². The summed E-state index contributed by atoms with van der Waals surface area (Å²) in [5, 5.41) is 8.63. The van der Waals surface area contributed by atoms with Crippen LogP contribution in [0.3, 0.4) is 0 Å². The van der Waals surface area contributed by atoms with Gasteiger partial charge in [-0.15, -0.1) is 0 Å². The number of carbonyl (C=O) groups is 1. The Bertz CT molecular complexity index is 561. The molecule has 2 aliphatic heterocycles. The Morgan fingerprint density at radius 2 is 2.10 bits per heavy atom. The number of hydrogen-bond acceptors (Lipinski definition) is 3. The van der Waals surface area contributed by atoms with Gasteiger partial charge in [0, 0.05) is 31.3 Å². The topological polar surface area (TPSA) is 49.8 Å². The van der Waals surface area contributed by atoms with E-state index in [4.69, 9.17) is 9.84 Å². The summed E-state index contributed by atoms with van der Waals surface area (Å²) in [4.78, 5) is 12.9. The Labute approximate surface area is 122 Å². The van der Waals surface area contributed by atoms with Crippen molar-refractivity contribution < 1.29 is 19.0 Å². The van der Waals surface area contributed by atoms with Crippen LogP contribution in [0, 0.1) is 5.82 Å². The van der Waals surface area contributed by atoms with Gasteiger partial charge in [0.05, 0.1) is 12.2 Å². The zero-order valence-electron chi connectivity index (χ0n) is 11.7.